The van der Waals surface area contributed by atoms with Crippen molar-refractivity contribution in [2.45, 2.75) is 32.6 Å². The van der Waals surface area contributed by atoms with Gasteiger partial charge in [0.25, 0.3) is 0 Å². The molecule has 61 valence electrons. The quantitative estimate of drug-likeness (QED) is 0.612. The number of hydrogen-bond acceptors (Lipinski definition) is 2. The molecule has 0 bridgehead atoms. The van der Waals surface area contributed by atoms with E-state index in [0.29, 0.717) is 0 Å². The van der Waals surface area contributed by atoms with Crippen LogP contribution in [0.4, 0.5) is 0 Å². The van der Waals surface area contributed by atoms with Crippen LogP contribution in [-0.2, 0) is 8.54 Å². The highest BCUT2D eigenvalue weighted by atomic mass is 28.4. The molecule has 4 heteroatoms. The first-order chi connectivity index (χ1) is 4.49. The number of rotatable bonds is 4. The summed E-state index contributed by atoms with van der Waals surface area (Å²) in [4.78, 5) is 0. The summed E-state index contributed by atoms with van der Waals surface area (Å²) in [6, 6.07) is 1.03. The molecule has 1 radical (unpaired) electrons. The van der Waals surface area contributed by atoms with E-state index in [1.165, 1.54) is 0 Å². The average molecular weight is 177 g/mol. The van der Waals surface area contributed by atoms with Gasteiger partial charge in [0.2, 0.25) is 0 Å². The van der Waals surface area contributed by atoms with Crippen LogP contribution in [0.2, 0.25) is 25.7 Å². The Morgan fingerprint density at radius 3 is 1.90 bits per heavy atom. The lowest BCUT2D eigenvalue weighted by atomic mass is 11.0. The predicted molar refractivity (Wildman–Crippen MR) is 47.7 cm³/mol. The number of hydrogen-bond donors (Lipinski definition) is 0. The zero-order chi connectivity index (χ0) is 8.20. The second-order valence-corrected chi connectivity index (χ2v) is 10.0. The van der Waals surface area contributed by atoms with Gasteiger partial charge in [-0.25, -0.2) is 0 Å². The molecule has 0 unspecified atom stereocenters. The fourth-order valence-electron chi connectivity index (χ4n) is 0.600. The lowest BCUT2D eigenvalue weighted by Gasteiger charge is -2.21. The van der Waals surface area contributed by atoms with Crippen LogP contribution in [0.1, 0.15) is 6.92 Å². The van der Waals surface area contributed by atoms with Gasteiger partial charge in [0.1, 0.15) is 0 Å². The Kier molecular flexibility index (Phi) is 4.43. The van der Waals surface area contributed by atoms with Crippen molar-refractivity contribution in [1.82, 2.24) is 0 Å². The minimum Gasteiger partial charge on any atom is -0.435 e. The van der Waals surface area contributed by atoms with Gasteiger partial charge >= 0.3 is 9.28 Å². The van der Waals surface area contributed by atoms with Crippen LogP contribution in [0, 0.1) is 0 Å². The third-order valence-electron chi connectivity index (χ3n) is 0.936. The Balaban J connectivity index is 3.63. The molecule has 0 aliphatic rings. The van der Waals surface area contributed by atoms with Crippen LogP contribution in [0.25, 0.3) is 0 Å². The van der Waals surface area contributed by atoms with Crippen LogP contribution < -0.4 is 0 Å². The average Bonchev–Trinajstić information content (AvgIpc) is 1.81. The molecule has 10 heavy (non-hydrogen) atoms. The Morgan fingerprint density at radius 2 is 1.80 bits per heavy atom. The maximum atomic E-state index is 5.75. The van der Waals surface area contributed by atoms with Crippen molar-refractivity contribution in [1.29, 1.82) is 0 Å². The van der Waals surface area contributed by atoms with Crippen molar-refractivity contribution >= 4 is 17.6 Å². The van der Waals surface area contributed by atoms with Crippen molar-refractivity contribution in [2.24, 2.45) is 0 Å². The van der Waals surface area contributed by atoms with Crippen molar-refractivity contribution in [3.8, 4) is 0 Å². The molecule has 0 aromatic heterocycles. The van der Waals surface area contributed by atoms with E-state index in [2.05, 4.69) is 26.6 Å². The zero-order valence-corrected chi connectivity index (χ0v) is 9.52. The summed E-state index contributed by atoms with van der Waals surface area (Å²) in [7, 11) is -0.527. The van der Waals surface area contributed by atoms with E-state index in [-0.39, 0.29) is 0 Å². The first-order valence-electron chi connectivity index (χ1n) is 3.58. The van der Waals surface area contributed by atoms with Crippen LogP contribution in [0.5, 0.6) is 0 Å². The van der Waals surface area contributed by atoms with E-state index in [1.807, 2.05) is 0 Å². The first-order valence-corrected chi connectivity index (χ1v) is 8.51. The van der Waals surface area contributed by atoms with E-state index in [1.54, 1.807) is 7.11 Å². The smallest absolute Gasteiger partial charge is 0.373 e. The summed E-state index contributed by atoms with van der Waals surface area (Å²) < 4.78 is 10.9. The molecule has 0 fully saturated rings. The van der Waals surface area contributed by atoms with Crippen molar-refractivity contribution in [3.05, 3.63) is 0 Å². The Bertz CT molecular complexity index is 86.2. The molecule has 0 aromatic rings. The fourth-order valence-corrected chi connectivity index (χ4v) is 4.53. The molecule has 0 amide bonds. The summed E-state index contributed by atoms with van der Waals surface area (Å²) in [5, 5.41) is 0. The highest BCUT2D eigenvalue weighted by Crippen LogP contribution is 2.07. The van der Waals surface area contributed by atoms with Gasteiger partial charge in [0.05, 0.1) is 0 Å². The fraction of sp³-hybridized carbons (Fsp3) is 1.00. The molecule has 0 aromatic carbocycles. The van der Waals surface area contributed by atoms with E-state index in [4.69, 9.17) is 8.54 Å². The molecule has 0 spiro atoms. The highest BCUT2D eigenvalue weighted by Gasteiger charge is 2.21. The van der Waals surface area contributed by atoms with Gasteiger partial charge in [-0.15, -0.1) is 0 Å². The summed E-state index contributed by atoms with van der Waals surface area (Å²) in [6.45, 7) is 8.67. The summed E-state index contributed by atoms with van der Waals surface area (Å²) >= 11 is 0. The third-order valence-corrected chi connectivity index (χ3v) is 5.33. The molecule has 0 aliphatic carbocycles. The lowest BCUT2D eigenvalue weighted by molar-refractivity contribution is 0.333. The minimum atomic E-state index is -1.34. The van der Waals surface area contributed by atoms with E-state index in [0.717, 1.165) is 6.04 Å². The minimum absolute atomic E-state index is 0.919. The lowest BCUT2D eigenvalue weighted by Crippen LogP contribution is -2.35. The zero-order valence-electron chi connectivity index (χ0n) is 7.52. The first kappa shape index (κ1) is 10.4. The van der Waals surface area contributed by atoms with E-state index in [9.17, 15) is 0 Å². The monoisotopic (exact) mass is 177 g/mol. The Hall–Kier alpha value is 0.354. The summed E-state index contributed by atoms with van der Waals surface area (Å²) in [5.74, 6) is 0. The second-order valence-electron chi connectivity index (χ2n) is 3.14. The largest absolute Gasteiger partial charge is 0.435 e. The van der Waals surface area contributed by atoms with Gasteiger partial charge < -0.3 is 8.54 Å². The molecule has 0 rings (SSSR count). The SMILES string of the molecule is CC[Si](OC)O[Si](C)(C)C. The normalized spacial score (nSPS) is 12.6. The van der Waals surface area contributed by atoms with Gasteiger partial charge in [-0.2, -0.15) is 0 Å². The van der Waals surface area contributed by atoms with E-state index >= 15 is 0 Å². The molecular formula is C6H17O2Si2. The molecule has 0 saturated heterocycles. The van der Waals surface area contributed by atoms with Gasteiger partial charge in [-0.3, -0.25) is 0 Å². The molecule has 0 aliphatic heterocycles. The maximum absolute atomic E-state index is 5.75. The Morgan fingerprint density at radius 1 is 1.30 bits per heavy atom. The van der Waals surface area contributed by atoms with Crippen LogP contribution >= 0.6 is 0 Å². The highest BCUT2D eigenvalue weighted by molar-refractivity contribution is 6.75. The second kappa shape index (κ2) is 4.28. The maximum Gasteiger partial charge on any atom is 0.373 e. The van der Waals surface area contributed by atoms with Gasteiger partial charge in [-0.1, -0.05) is 6.92 Å². The summed E-state index contributed by atoms with van der Waals surface area (Å²) in [6.07, 6.45) is 0. The molecule has 2 nitrogen and oxygen atoms in total. The molecule has 0 saturated carbocycles. The topological polar surface area (TPSA) is 18.5 Å². The van der Waals surface area contributed by atoms with Crippen LogP contribution in [-0.4, -0.2) is 24.7 Å². The van der Waals surface area contributed by atoms with Crippen LogP contribution in [0.15, 0.2) is 0 Å². The standard InChI is InChI=1S/C6H17O2Si2/c1-6-9(7-2)8-10(3,4)5/h6H2,1-5H3. The van der Waals surface area contributed by atoms with Crippen molar-refractivity contribution in [2.75, 3.05) is 7.11 Å². The van der Waals surface area contributed by atoms with Crippen LogP contribution in [0.3, 0.4) is 0 Å². The van der Waals surface area contributed by atoms with E-state index < -0.39 is 17.6 Å². The Labute approximate surface area is 66.5 Å². The molecule has 0 N–H and O–H groups in total. The van der Waals surface area contributed by atoms with Gasteiger partial charge in [0, 0.05) is 7.11 Å². The van der Waals surface area contributed by atoms with Crippen molar-refractivity contribution < 1.29 is 8.54 Å². The summed E-state index contributed by atoms with van der Waals surface area (Å²) in [5.41, 5.74) is 0. The third kappa shape index (κ3) is 5.16. The van der Waals surface area contributed by atoms with Gasteiger partial charge in [0.15, 0.2) is 8.32 Å². The van der Waals surface area contributed by atoms with Crippen molar-refractivity contribution in [3.63, 3.8) is 0 Å². The molecular weight excluding hydrogens is 160 g/mol. The predicted octanol–water partition coefficient (Wildman–Crippen LogP) is 1.99. The molecule has 0 atom stereocenters. The van der Waals surface area contributed by atoms with Gasteiger partial charge in [-0.05, 0) is 25.7 Å². The molecule has 0 heterocycles.